The number of ketones is 1. The van der Waals surface area contributed by atoms with Crippen LogP contribution in [0.1, 0.15) is 26.4 Å². The maximum absolute atomic E-state index is 12.2. The van der Waals surface area contributed by atoms with Crippen molar-refractivity contribution in [3.63, 3.8) is 0 Å². The van der Waals surface area contributed by atoms with Crippen molar-refractivity contribution in [3.05, 3.63) is 54.1 Å². The van der Waals surface area contributed by atoms with Crippen molar-refractivity contribution in [2.24, 2.45) is 0 Å². The molecule has 0 aliphatic carbocycles. The normalized spacial score (nSPS) is 10.6. The molecule has 1 nitrogen and oxygen atoms in total. The van der Waals surface area contributed by atoms with Crippen LogP contribution < -0.4 is 0 Å². The monoisotopic (exact) mass is 372 g/mol. The highest BCUT2D eigenvalue weighted by molar-refractivity contribution is 9.13. The fourth-order valence-electron chi connectivity index (χ4n) is 1.48. The molecule has 1 aromatic carbocycles. The Bertz CT molecular complexity index is 568. The van der Waals surface area contributed by atoms with E-state index in [4.69, 9.17) is 0 Å². The molecule has 0 saturated heterocycles. The van der Waals surface area contributed by atoms with Crippen LogP contribution in [0.15, 0.2) is 32.5 Å². The zero-order valence-electron chi connectivity index (χ0n) is 9.38. The molecule has 0 amide bonds. The Morgan fingerprint density at radius 3 is 2.35 bits per heavy atom. The van der Waals surface area contributed by atoms with Gasteiger partial charge in [-0.3, -0.25) is 4.79 Å². The van der Waals surface area contributed by atoms with E-state index in [1.165, 1.54) is 16.9 Å². The van der Waals surface area contributed by atoms with E-state index in [1.807, 2.05) is 38.1 Å². The fraction of sp³-hybridized carbons (Fsp3) is 0.154. The minimum Gasteiger partial charge on any atom is -0.288 e. The third-order valence-corrected chi connectivity index (χ3v) is 5.89. The zero-order valence-corrected chi connectivity index (χ0v) is 13.4. The number of halogens is 2. The Hall–Kier alpha value is -0.450. The molecule has 2 aromatic rings. The molecule has 0 unspecified atom stereocenters. The van der Waals surface area contributed by atoms with Crippen LogP contribution in [0.2, 0.25) is 0 Å². The number of carbonyl (C=O) groups is 1. The molecule has 4 heteroatoms. The number of rotatable bonds is 2. The third kappa shape index (κ3) is 2.69. The highest BCUT2D eigenvalue weighted by atomic mass is 79.9. The van der Waals surface area contributed by atoms with Gasteiger partial charge in [0.05, 0.1) is 8.66 Å². The van der Waals surface area contributed by atoms with Gasteiger partial charge in [0.15, 0.2) is 0 Å². The summed E-state index contributed by atoms with van der Waals surface area (Å²) >= 11 is 8.24. The second-order valence-corrected chi connectivity index (χ2v) is 7.08. The number of benzene rings is 1. The van der Waals surface area contributed by atoms with Crippen LogP contribution in [0.3, 0.4) is 0 Å². The number of carbonyl (C=O) groups excluding carboxylic acids is 1. The molecule has 0 N–H and O–H groups in total. The highest BCUT2D eigenvalue weighted by Gasteiger charge is 2.14. The first-order valence-corrected chi connectivity index (χ1v) is 7.46. The van der Waals surface area contributed by atoms with Crippen molar-refractivity contribution in [3.8, 4) is 0 Å². The molecule has 0 saturated carbocycles. The summed E-state index contributed by atoms with van der Waals surface area (Å²) in [4.78, 5) is 13.0. The van der Waals surface area contributed by atoms with Gasteiger partial charge in [-0.05, 0) is 69.0 Å². The molecule has 0 spiro atoms. The molecule has 0 fully saturated rings. The molecule has 0 radical (unpaired) electrons. The van der Waals surface area contributed by atoms with E-state index < -0.39 is 0 Å². The molecule has 1 aromatic heterocycles. The first-order chi connectivity index (χ1) is 7.99. The van der Waals surface area contributed by atoms with E-state index in [-0.39, 0.29) is 5.78 Å². The van der Waals surface area contributed by atoms with Gasteiger partial charge in [0, 0.05) is 10.0 Å². The summed E-state index contributed by atoms with van der Waals surface area (Å²) in [7, 11) is 0. The van der Waals surface area contributed by atoms with Crippen LogP contribution in [0.25, 0.3) is 0 Å². The van der Waals surface area contributed by atoms with E-state index in [2.05, 4.69) is 31.9 Å². The van der Waals surface area contributed by atoms with E-state index >= 15 is 0 Å². The summed E-state index contributed by atoms with van der Waals surface area (Å²) < 4.78 is 1.87. The van der Waals surface area contributed by atoms with Gasteiger partial charge in [-0.2, -0.15) is 0 Å². The summed E-state index contributed by atoms with van der Waals surface area (Å²) in [6.45, 7) is 4.06. The lowest BCUT2D eigenvalue weighted by molar-refractivity contribution is 0.104. The Kier molecular flexibility index (Phi) is 3.85. The number of thiophene rings is 1. The summed E-state index contributed by atoms with van der Waals surface area (Å²) in [6.07, 6.45) is 0. The standard InChI is InChI=1S/C13H10Br2OS/c1-7-3-4-9(5-8(7)2)12(16)11-6-10(14)13(15)17-11/h3-6H,1-2H3. The first-order valence-electron chi connectivity index (χ1n) is 5.06. The molecule has 0 aliphatic heterocycles. The van der Waals surface area contributed by atoms with Gasteiger partial charge in [-0.15, -0.1) is 11.3 Å². The molecule has 2 rings (SSSR count). The van der Waals surface area contributed by atoms with Gasteiger partial charge in [0.1, 0.15) is 0 Å². The van der Waals surface area contributed by atoms with Gasteiger partial charge in [-0.1, -0.05) is 12.1 Å². The lowest BCUT2D eigenvalue weighted by Crippen LogP contribution is -1.99. The quantitative estimate of drug-likeness (QED) is 0.667. The maximum Gasteiger partial charge on any atom is 0.203 e. The van der Waals surface area contributed by atoms with Gasteiger partial charge < -0.3 is 0 Å². The number of hydrogen-bond donors (Lipinski definition) is 0. The zero-order chi connectivity index (χ0) is 12.6. The highest BCUT2D eigenvalue weighted by Crippen LogP contribution is 2.33. The van der Waals surface area contributed by atoms with Crippen LogP contribution >= 0.6 is 43.2 Å². The van der Waals surface area contributed by atoms with Crippen molar-refractivity contribution in [2.45, 2.75) is 13.8 Å². The van der Waals surface area contributed by atoms with E-state index in [1.54, 1.807) is 0 Å². The van der Waals surface area contributed by atoms with Crippen LogP contribution in [-0.2, 0) is 0 Å². The average molecular weight is 374 g/mol. The van der Waals surface area contributed by atoms with Crippen molar-refractivity contribution >= 4 is 49.0 Å². The Morgan fingerprint density at radius 2 is 1.82 bits per heavy atom. The second kappa shape index (κ2) is 5.04. The van der Waals surface area contributed by atoms with Crippen molar-refractivity contribution in [1.82, 2.24) is 0 Å². The van der Waals surface area contributed by atoms with E-state index in [9.17, 15) is 4.79 Å². The lowest BCUT2D eigenvalue weighted by atomic mass is 10.0. The smallest absolute Gasteiger partial charge is 0.203 e. The first kappa shape index (κ1) is 13.0. The number of hydrogen-bond acceptors (Lipinski definition) is 2. The maximum atomic E-state index is 12.2. The van der Waals surface area contributed by atoms with Crippen molar-refractivity contribution in [2.75, 3.05) is 0 Å². The molecule has 17 heavy (non-hydrogen) atoms. The van der Waals surface area contributed by atoms with Gasteiger partial charge in [-0.25, -0.2) is 0 Å². The SMILES string of the molecule is Cc1ccc(C(=O)c2cc(Br)c(Br)s2)cc1C. The summed E-state index contributed by atoms with van der Waals surface area (Å²) in [5, 5.41) is 0. The summed E-state index contributed by atoms with van der Waals surface area (Å²) in [6, 6.07) is 7.66. The topological polar surface area (TPSA) is 17.1 Å². The largest absolute Gasteiger partial charge is 0.288 e. The van der Waals surface area contributed by atoms with Crippen LogP contribution in [0, 0.1) is 13.8 Å². The Balaban J connectivity index is 2.40. The van der Waals surface area contributed by atoms with E-state index in [0.717, 1.165) is 24.3 Å². The Morgan fingerprint density at radius 1 is 1.12 bits per heavy atom. The van der Waals surface area contributed by atoms with Crippen LogP contribution in [0.5, 0.6) is 0 Å². The van der Waals surface area contributed by atoms with E-state index in [0.29, 0.717) is 0 Å². The molecular formula is C13H10Br2OS. The number of aryl methyl sites for hydroxylation is 2. The molecule has 88 valence electrons. The molecule has 0 aliphatic rings. The second-order valence-electron chi connectivity index (χ2n) is 3.86. The molecule has 1 heterocycles. The molecule has 0 bridgehead atoms. The average Bonchev–Trinajstić information content (AvgIpc) is 2.62. The van der Waals surface area contributed by atoms with Crippen LogP contribution in [0.4, 0.5) is 0 Å². The minimum atomic E-state index is 0.0736. The minimum absolute atomic E-state index is 0.0736. The summed E-state index contributed by atoms with van der Waals surface area (Å²) in [5.74, 6) is 0.0736. The van der Waals surface area contributed by atoms with Gasteiger partial charge in [0.2, 0.25) is 5.78 Å². The van der Waals surface area contributed by atoms with Crippen LogP contribution in [-0.4, -0.2) is 5.78 Å². The van der Waals surface area contributed by atoms with Crippen molar-refractivity contribution < 1.29 is 4.79 Å². The van der Waals surface area contributed by atoms with Gasteiger partial charge in [0.25, 0.3) is 0 Å². The van der Waals surface area contributed by atoms with Crippen molar-refractivity contribution in [1.29, 1.82) is 0 Å². The molecular weight excluding hydrogens is 364 g/mol. The fourth-order valence-corrected chi connectivity index (χ4v) is 3.48. The Labute approximate surface area is 121 Å². The lowest BCUT2D eigenvalue weighted by Gasteiger charge is -2.02. The van der Waals surface area contributed by atoms with Gasteiger partial charge >= 0.3 is 0 Å². The summed E-state index contributed by atoms with van der Waals surface area (Å²) in [5.41, 5.74) is 3.09. The predicted molar refractivity (Wildman–Crippen MR) is 79.1 cm³/mol. The molecule has 0 atom stereocenters. The predicted octanol–water partition coefficient (Wildman–Crippen LogP) is 5.12. The third-order valence-electron chi connectivity index (χ3n) is 2.64.